The first-order chi connectivity index (χ1) is 16.5. The molecule has 1 amide bonds. The lowest BCUT2D eigenvalue weighted by Crippen LogP contribution is -2.42. The molecule has 4 rings (SSSR count). The molecule has 1 aromatic heterocycles. The van der Waals surface area contributed by atoms with E-state index in [2.05, 4.69) is 10.4 Å². The highest BCUT2D eigenvalue weighted by molar-refractivity contribution is 5.81. The van der Waals surface area contributed by atoms with Crippen LogP contribution in [0.1, 0.15) is 32.4 Å². The van der Waals surface area contributed by atoms with Gasteiger partial charge >= 0.3 is 0 Å². The van der Waals surface area contributed by atoms with E-state index in [1.807, 2.05) is 49.4 Å². The van der Waals surface area contributed by atoms with Crippen LogP contribution in [0.25, 0.3) is 16.6 Å². The van der Waals surface area contributed by atoms with Crippen molar-refractivity contribution < 1.29 is 23.8 Å². The maximum absolute atomic E-state index is 13.3. The monoisotopic (exact) mass is 479 g/mol. The molecule has 35 heavy (non-hydrogen) atoms. The van der Waals surface area contributed by atoms with Gasteiger partial charge in [-0.05, 0) is 66.6 Å². The van der Waals surface area contributed by atoms with Crippen molar-refractivity contribution in [2.75, 3.05) is 13.7 Å². The number of nitrogens with zero attached hydrogens (tertiary/aromatic N) is 2. The molecule has 0 radical (unpaired) electrons. The van der Waals surface area contributed by atoms with Crippen LogP contribution in [0.5, 0.6) is 11.5 Å². The number of amides is 1. The SMILES string of the molecule is C.CC[C@H](NC(=O)CO)[C@H](Oc1ccc2c(cnn2-c2ccc(F)cc2)c1)c1cccc(OC)c1. The third kappa shape index (κ3) is 5.78. The topological polar surface area (TPSA) is 85.6 Å². The molecule has 0 saturated heterocycles. The number of carbonyl (C=O) groups excluding carboxylic acids is 1. The highest BCUT2D eigenvalue weighted by atomic mass is 19.1. The molecule has 0 spiro atoms. The predicted molar refractivity (Wildman–Crippen MR) is 133 cm³/mol. The minimum absolute atomic E-state index is 0. The first-order valence-corrected chi connectivity index (χ1v) is 11.0. The number of carbonyl (C=O) groups is 1. The lowest BCUT2D eigenvalue weighted by molar-refractivity contribution is -0.125. The van der Waals surface area contributed by atoms with Crippen LogP contribution in [0.2, 0.25) is 0 Å². The molecule has 8 heteroatoms. The minimum Gasteiger partial charge on any atom is -0.497 e. The molecule has 2 atom stereocenters. The molecule has 0 bridgehead atoms. The molecule has 7 nitrogen and oxygen atoms in total. The van der Waals surface area contributed by atoms with Gasteiger partial charge in [-0.1, -0.05) is 26.5 Å². The molecule has 2 N–H and O–H groups in total. The lowest BCUT2D eigenvalue weighted by Gasteiger charge is -2.28. The summed E-state index contributed by atoms with van der Waals surface area (Å²) in [5.74, 6) is 0.485. The maximum Gasteiger partial charge on any atom is 0.246 e. The average molecular weight is 480 g/mol. The van der Waals surface area contributed by atoms with Crippen molar-refractivity contribution in [2.24, 2.45) is 0 Å². The molecule has 0 unspecified atom stereocenters. The van der Waals surface area contributed by atoms with Gasteiger partial charge in [-0.2, -0.15) is 5.10 Å². The second-order valence-corrected chi connectivity index (χ2v) is 7.81. The summed E-state index contributed by atoms with van der Waals surface area (Å²) in [6, 6.07) is 18.8. The summed E-state index contributed by atoms with van der Waals surface area (Å²) in [5, 5.41) is 17.3. The third-order valence-electron chi connectivity index (χ3n) is 5.59. The molecule has 184 valence electrons. The highest BCUT2D eigenvalue weighted by Crippen LogP contribution is 2.31. The summed E-state index contributed by atoms with van der Waals surface area (Å²) in [7, 11) is 1.59. The fraction of sp³-hybridized carbons (Fsp3) is 0.259. The van der Waals surface area contributed by atoms with Crippen LogP contribution >= 0.6 is 0 Å². The standard InChI is InChI=1S/C26H26FN3O4.CH4/c1-3-23(29-25(32)16-31)26(17-5-4-6-21(13-17)33-2)34-22-11-12-24-18(14-22)15-28-30(24)20-9-7-19(27)8-10-20;/h4-15,23,26,31H,3,16H2,1-2H3,(H,29,32);1H4/t23-,26+;/m0./s1. The van der Waals surface area contributed by atoms with Gasteiger partial charge in [0.15, 0.2) is 0 Å². The molecule has 1 heterocycles. The van der Waals surface area contributed by atoms with E-state index in [0.29, 0.717) is 17.9 Å². The zero-order valence-electron chi connectivity index (χ0n) is 18.9. The first-order valence-electron chi connectivity index (χ1n) is 11.0. The van der Waals surface area contributed by atoms with Crippen LogP contribution < -0.4 is 14.8 Å². The molecule has 0 aliphatic heterocycles. The number of hydrogen-bond donors (Lipinski definition) is 2. The summed E-state index contributed by atoms with van der Waals surface area (Å²) < 4.78 is 26.8. The van der Waals surface area contributed by atoms with Crippen molar-refractivity contribution in [1.29, 1.82) is 0 Å². The smallest absolute Gasteiger partial charge is 0.246 e. The van der Waals surface area contributed by atoms with E-state index in [0.717, 1.165) is 22.2 Å². The Morgan fingerprint density at radius 2 is 1.89 bits per heavy atom. The minimum atomic E-state index is -0.601. The third-order valence-corrected chi connectivity index (χ3v) is 5.59. The van der Waals surface area contributed by atoms with Gasteiger partial charge in [0.2, 0.25) is 5.91 Å². The number of aliphatic hydroxyl groups excluding tert-OH is 1. The number of halogens is 1. The van der Waals surface area contributed by atoms with Gasteiger partial charge in [0.25, 0.3) is 0 Å². The lowest BCUT2D eigenvalue weighted by atomic mass is 9.99. The normalized spacial score (nSPS) is 12.5. The molecule has 0 aliphatic rings. The number of aromatic nitrogens is 2. The summed E-state index contributed by atoms with van der Waals surface area (Å²) in [5.41, 5.74) is 2.42. The van der Waals surface area contributed by atoms with Gasteiger partial charge in [-0.3, -0.25) is 4.79 Å². The van der Waals surface area contributed by atoms with E-state index in [9.17, 15) is 14.3 Å². The zero-order chi connectivity index (χ0) is 24.1. The number of fused-ring (bicyclic) bond motifs is 1. The number of aliphatic hydroxyl groups is 1. The second-order valence-electron chi connectivity index (χ2n) is 7.81. The molecule has 3 aromatic carbocycles. The Hall–Kier alpha value is -3.91. The summed E-state index contributed by atoms with van der Waals surface area (Å²) in [4.78, 5) is 11.9. The summed E-state index contributed by atoms with van der Waals surface area (Å²) in [6.45, 7) is 1.34. The van der Waals surface area contributed by atoms with Gasteiger partial charge in [0.05, 0.1) is 30.6 Å². The molecule has 4 aromatic rings. The number of rotatable bonds is 9. The van der Waals surface area contributed by atoms with Crippen molar-refractivity contribution in [2.45, 2.75) is 32.9 Å². The molecule has 0 aliphatic carbocycles. The number of hydrogen-bond acceptors (Lipinski definition) is 5. The number of benzene rings is 3. The fourth-order valence-electron chi connectivity index (χ4n) is 3.86. The van der Waals surface area contributed by atoms with Gasteiger partial charge in [0, 0.05) is 5.39 Å². The van der Waals surface area contributed by atoms with Crippen LogP contribution in [-0.2, 0) is 4.79 Å². The van der Waals surface area contributed by atoms with Gasteiger partial charge in [-0.15, -0.1) is 0 Å². The number of nitrogens with one attached hydrogen (secondary N) is 1. The van der Waals surface area contributed by atoms with Crippen LogP contribution in [0.3, 0.4) is 0 Å². The van der Waals surface area contributed by atoms with E-state index >= 15 is 0 Å². The van der Waals surface area contributed by atoms with Crippen molar-refractivity contribution in [3.05, 3.63) is 84.3 Å². The average Bonchev–Trinajstić information content (AvgIpc) is 3.29. The van der Waals surface area contributed by atoms with Crippen LogP contribution in [0.4, 0.5) is 4.39 Å². The first kappa shape index (κ1) is 25.7. The second kappa shape index (κ2) is 11.5. The Morgan fingerprint density at radius 1 is 1.11 bits per heavy atom. The van der Waals surface area contributed by atoms with E-state index in [1.165, 1.54) is 12.1 Å². The molecule has 0 fully saturated rings. The fourth-order valence-corrected chi connectivity index (χ4v) is 3.86. The Labute approximate surface area is 204 Å². The van der Waals surface area contributed by atoms with Crippen LogP contribution in [0, 0.1) is 5.82 Å². The Kier molecular flexibility index (Phi) is 8.43. The van der Waals surface area contributed by atoms with E-state index in [-0.39, 0.29) is 19.3 Å². The quantitative estimate of drug-likeness (QED) is 0.360. The maximum atomic E-state index is 13.3. The number of ether oxygens (including phenoxy) is 2. The Balaban J connectivity index is 0.00000342. The predicted octanol–water partition coefficient (Wildman–Crippen LogP) is 4.82. The van der Waals surface area contributed by atoms with Gasteiger partial charge in [-0.25, -0.2) is 9.07 Å². The summed E-state index contributed by atoms with van der Waals surface area (Å²) >= 11 is 0. The number of methoxy groups -OCH3 is 1. The molecule has 0 saturated carbocycles. The van der Waals surface area contributed by atoms with Crippen LogP contribution in [0.15, 0.2) is 72.9 Å². The highest BCUT2D eigenvalue weighted by Gasteiger charge is 2.26. The van der Waals surface area contributed by atoms with Crippen LogP contribution in [-0.4, -0.2) is 40.6 Å². The van der Waals surface area contributed by atoms with Gasteiger partial charge in [0.1, 0.15) is 30.0 Å². The summed E-state index contributed by atoms with van der Waals surface area (Å²) in [6.07, 6.45) is 1.77. The van der Waals surface area contributed by atoms with Crippen molar-refractivity contribution in [3.63, 3.8) is 0 Å². The Bertz CT molecular complexity index is 1270. The largest absolute Gasteiger partial charge is 0.497 e. The molecular formula is C27H30FN3O4. The van der Waals surface area contributed by atoms with E-state index < -0.39 is 18.6 Å². The van der Waals surface area contributed by atoms with Gasteiger partial charge < -0.3 is 19.9 Å². The Morgan fingerprint density at radius 3 is 2.57 bits per heavy atom. The van der Waals surface area contributed by atoms with Crippen molar-refractivity contribution >= 4 is 16.8 Å². The van der Waals surface area contributed by atoms with Crippen molar-refractivity contribution in [3.8, 4) is 17.2 Å². The van der Waals surface area contributed by atoms with Crippen molar-refractivity contribution in [1.82, 2.24) is 15.1 Å². The van der Waals surface area contributed by atoms with E-state index in [1.54, 1.807) is 30.1 Å². The molecular weight excluding hydrogens is 449 g/mol. The zero-order valence-corrected chi connectivity index (χ0v) is 18.9. The van der Waals surface area contributed by atoms with E-state index in [4.69, 9.17) is 9.47 Å².